The summed E-state index contributed by atoms with van der Waals surface area (Å²) in [4.78, 5) is 0. The molecule has 1 N–H and O–H groups in total. The predicted octanol–water partition coefficient (Wildman–Crippen LogP) is 5.12. The van der Waals surface area contributed by atoms with E-state index in [1.807, 2.05) is 6.07 Å². The Morgan fingerprint density at radius 3 is 2.11 bits per heavy atom. The number of hydrogen-bond donors (Lipinski definition) is 1. The number of rotatable bonds is 6. The molecule has 0 fully saturated rings. The molecule has 146 valence electrons. The summed E-state index contributed by atoms with van der Waals surface area (Å²) >= 11 is 0. The number of ether oxygens (including phenoxy) is 2. The van der Waals surface area contributed by atoms with Crippen LogP contribution in [0.4, 0.5) is 13.2 Å². The van der Waals surface area contributed by atoms with Gasteiger partial charge in [0.25, 0.3) is 0 Å². The highest BCUT2D eigenvalue weighted by atomic mass is 19.4. The van der Waals surface area contributed by atoms with Crippen LogP contribution < -0.4 is 4.74 Å². The second kappa shape index (κ2) is 8.04. The number of benzene rings is 3. The van der Waals surface area contributed by atoms with E-state index in [1.54, 1.807) is 36.4 Å². The van der Waals surface area contributed by atoms with E-state index in [2.05, 4.69) is 0 Å². The standard InChI is InChI=1S/C22H19F3O3/c1-27-18-11-7-10-17(14-18)21(26,28-15-16-8-3-2-4-9-16)19-12-5-6-13-20(19)22(23,24)25/h2-14,26H,15H2,1H3. The van der Waals surface area contributed by atoms with Crippen molar-refractivity contribution in [2.45, 2.75) is 18.6 Å². The van der Waals surface area contributed by atoms with E-state index in [0.29, 0.717) is 11.3 Å². The summed E-state index contributed by atoms with van der Waals surface area (Å²) in [5.41, 5.74) is -0.493. The van der Waals surface area contributed by atoms with Crippen LogP contribution in [0.15, 0.2) is 78.9 Å². The molecule has 1 unspecified atom stereocenters. The molecule has 0 heterocycles. The van der Waals surface area contributed by atoms with Gasteiger partial charge in [0.15, 0.2) is 0 Å². The molecule has 3 rings (SSSR count). The highest BCUT2D eigenvalue weighted by Gasteiger charge is 2.42. The van der Waals surface area contributed by atoms with Crippen LogP contribution >= 0.6 is 0 Å². The Hall–Kier alpha value is -2.83. The largest absolute Gasteiger partial charge is 0.497 e. The lowest BCUT2D eigenvalue weighted by atomic mass is 9.92. The Labute approximate surface area is 161 Å². The number of halogens is 3. The zero-order valence-electron chi connectivity index (χ0n) is 15.1. The molecule has 1 atom stereocenters. The smallest absolute Gasteiger partial charge is 0.416 e. The molecule has 6 heteroatoms. The maximum absolute atomic E-state index is 13.6. The maximum Gasteiger partial charge on any atom is 0.416 e. The van der Waals surface area contributed by atoms with Gasteiger partial charge in [0.05, 0.1) is 19.3 Å². The fraction of sp³-hybridized carbons (Fsp3) is 0.182. The average Bonchev–Trinajstić information content (AvgIpc) is 2.72. The zero-order chi connectivity index (χ0) is 20.2. The topological polar surface area (TPSA) is 38.7 Å². The average molecular weight is 388 g/mol. The minimum atomic E-state index is -4.65. The highest BCUT2D eigenvalue weighted by Crippen LogP contribution is 2.41. The summed E-state index contributed by atoms with van der Waals surface area (Å²) < 4.78 is 51.7. The molecule has 0 spiro atoms. The van der Waals surface area contributed by atoms with Crippen LogP contribution in [0, 0.1) is 0 Å². The van der Waals surface area contributed by atoms with Gasteiger partial charge in [-0.15, -0.1) is 0 Å². The van der Waals surface area contributed by atoms with Crippen molar-refractivity contribution in [1.82, 2.24) is 0 Å². The summed E-state index contributed by atoms with van der Waals surface area (Å²) in [6.07, 6.45) is -4.65. The summed E-state index contributed by atoms with van der Waals surface area (Å²) in [5, 5.41) is 11.4. The van der Waals surface area contributed by atoms with Gasteiger partial charge in [-0.2, -0.15) is 13.2 Å². The van der Waals surface area contributed by atoms with Crippen LogP contribution in [0.25, 0.3) is 0 Å². The van der Waals surface area contributed by atoms with Crippen molar-refractivity contribution in [2.75, 3.05) is 7.11 Å². The van der Waals surface area contributed by atoms with Crippen LogP contribution in [-0.2, 0) is 23.3 Å². The first-order valence-electron chi connectivity index (χ1n) is 8.56. The fourth-order valence-electron chi connectivity index (χ4n) is 2.94. The Morgan fingerprint density at radius 2 is 1.46 bits per heavy atom. The van der Waals surface area contributed by atoms with Crippen LogP contribution in [0.1, 0.15) is 22.3 Å². The van der Waals surface area contributed by atoms with Crippen molar-refractivity contribution in [3.05, 3.63) is 101 Å². The van der Waals surface area contributed by atoms with E-state index in [-0.39, 0.29) is 17.7 Å². The van der Waals surface area contributed by atoms with Gasteiger partial charge in [-0.05, 0) is 23.8 Å². The molecule has 0 bridgehead atoms. The molecule has 3 aromatic rings. The molecule has 0 radical (unpaired) electrons. The van der Waals surface area contributed by atoms with E-state index in [4.69, 9.17) is 9.47 Å². The molecule has 0 aromatic heterocycles. The van der Waals surface area contributed by atoms with E-state index in [0.717, 1.165) is 6.07 Å². The lowest BCUT2D eigenvalue weighted by Gasteiger charge is -2.32. The summed E-state index contributed by atoms with van der Waals surface area (Å²) in [7, 11) is 1.44. The third-order valence-electron chi connectivity index (χ3n) is 4.35. The minimum Gasteiger partial charge on any atom is -0.497 e. The molecular formula is C22H19F3O3. The first-order chi connectivity index (χ1) is 13.3. The Morgan fingerprint density at radius 1 is 0.821 bits per heavy atom. The molecule has 0 aliphatic rings. The first-order valence-corrected chi connectivity index (χ1v) is 8.56. The first kappa shape index (κ1) is 19.9. The van der Waals surface area contributed by atoms with Gasteiger partial charge in [0.1, 0.15) is 5.75 Å². The van der Waals surface area contributed by atoms with Crippen molar-refractivity contribution in [2.24, 2.45) is 0 Å². The highest BCUT2D eigenvalue weighted by molar-refractivity contribution is 5.42. The second-order valence-electron chi connectivity index (χ2n) is 6.19. The zero-order valence-corrected chi connectivity index (χ0v) is 15.1. The Kier molecular flexibility index (Phi) is 5.72. The SMILES string of the molecule is COc1cccc(C(O)(OCc2ccccc2)c2ccccc2C(F)(F)F)c1. The van der Waals surface area contributed by atoms with Crippen molar-refractivity contribution in [1.29, 1.82) is 0 Å². The third-order valence-corrected chi connectivity index (χ3v) is 4.35. The second-order valence-corrected chi connectivity index (χ2v) is 6.19. The van der Waals surface area contributed by atoms with Crippen LogP contribution in [0.2, 0.25) is 0 Å². The van der Waals surface area contributed by atoms with Gasteiger partial charge >= 0.3 is 6.18 Å². The molecule has 0 saturated heterocycles. The maximum atomic E-state index is 13.6. The number of methoxy groups -OCH3 is 1. The van der Waals surface area contributed by atoms with Gasteiger partial charge in [-0.1, -0.05) is 60.7 Å². The van der Waals surface area contributed by atoms with Gasteiger partial charge in [-0.3, -0.25) is 0 Å². The number of aliphatic hydroxyl groups is 1. The quantitative estimate of drug-likeness (QED) is 0.596. The molecule has 0 saturated carbocycles. The predicted molar refractivity (Wildman–Crippen MR) is 98.7 cm³/mol. The Bertz CT molecular complexity index is 926. The van der Waals surface area contributed by atoms with Crippen molar-refractivity contribution < 1.29 is 27.8 Å². The van der Waals surface area contributed by atoms with Crippen molar-refractivity contribution >= 4 is 0 Å². The van der Waals surface area contributed by atoms with E-state index >= 15 is 0 Å². The van der Waals surface area contributed by atoms with Gasteiger partial charge in [0.2, 0.25) is 5.79 Å². The summed E-state index contributed by atoms with van der Waals surface area (Å²) in [6, 6.07) is 19.9. The molecule has 28 heavy (non-hydrogen) atoms. The molecular weight excluding hydrogens is 369 g/mol. The lowest BCUT2D eigenvalue weighted by molar-refractivity contribution is -0.196. The van der Waals surface area contributed by atoms with Gasteiger partial charge < -0.3 is 14.6 Å². The number of alkyl halides is 3. The monoisotopic (exact) mass is 388 g/mol. The molecule has 0 aliphatic carbocycles. The van der Waals surface area contributed by atoms with Crippen LogP contribution in [0.3, 0.4) is 0 Å². The molecule has 0 aliphatic heterocycles. The van der Waals surface area contributed by atoms with Crippen molar-refractivity contribution in [3.8, 4) is 5.75 Å². The summed E-state index contributed by atoms with van der Waals surface area (Å²) in [6.45, 7) is -0.0826. The van der Waals surface area contributed by atoms with E-state index < -0.39 is 17.5 Å². The minimum absolute atomic E-state index is 0.0826. The normalized spacial score (nSPS) is 13.8. The molecule has 3 aromatic carbocycles. The van der Waals surface area contributed by atoms with Gasteiger partial charge in [0, 0.05) is 11.1 Å². The van der Waals surface area contributed by atoms with Crippen LogP contribution in [0.5, 0.6) is 5.75 Å². The third kappa shape index (κ3) is 4.18. The summed E-state index contributed by atoms with van der Waals surface area (Å²) in [5.74, 6) is -1.93. The van der Waals surface area contributed by atoms with Gasteiger partial charge in [-0.25, -0.2) is 0 Å². The Balaban J connectivity index is 2.12. The van der Waals surface area contributed by atoms with E-state index in [9.17, 15) is 18.3 Å². The van der Waals surface area contributed by atoms with E-state index in [1.165, 1.54) is 37.4 Å². The number of hydrogen-bond acceptors (Lipinski definition) is 3. The van der Waals surface area contributed by atoms with Crippen LogP contribution in [-0.4, -0.2) is 12.2 Å². The molecule has 3 nitrogen and oxygen atoms in total. The van der Waals surface area contributed by atoms with Crippen molar-refractivity contribution in [3.63, 3.8) is 0 Å². The molecule has 0 amide bonds. The fourth-order valence-corrected chi connectivity index (χ4v) is 2.94. The lowest BCUT2D eigenvalue weighted by Crippen LogP contribution is -2.33.